The van der Waals surface area contributed by atoms with Gasteiger partial charge in [-0.2, -0.15) is 0 Å². The molecule has 0 spiro atoms. The summed E-state index contributed by atoms with van der Waals surface area (Å²) < 4.78 is 0. The standard InChI is InChI=1S/C12H15ClN2O/c13-10-4-2-9(3-5-10)11(12(14)16)8-15-6-1-7-15/h2-5,11H,1,6-8H2,(H2,14,16). The molecule has 1 aliphatic rings. The highest BCUT2D eigenvalue weighted by Gasteiger charge is 2.24. The third-order valence-electron chi connectivity index (χ3n) is 3.01. The van der Waals surface area contributed by atoms with E-state index in [2.05, 4.69) is 4.90 Å². The van der Waals surface area contributed by atoms with Crippen LogP contribution in [0, 0.1) is 0 Å². The first-order chi connectivity index (χ1) is 7.66. The summed E-state index contributed by atoms with van der Waals surface area (Å²) in [7, 11) is 0. The lowest BCUT2D eigenvalue weighted by atomic mass is 9.96. The third-order valence-corrected chi connectivity index (χ3v) is 3.26. The Balaban J connectivity index is 2.11. The van der Waals surface area contributed by atoms with Crippen LogP contribution in [0.25, 0.3) is 0 Å². The summed E-state index contributed by atoms with van der Waals surface area (Å²) in [6, 6.07) is 7.33. The predicted molar refractivity (Wildman–Crippen MR) is 64.4 cm³/mol. The summed E-state index contributed by atoms with van der Waals surface area (Å²) in [5.74, 6) is -0.494. The second kappa shape index (κ2) is 4.85. The lowest BCUT2D eigenvalue weighted by Gasteiger charge is -2.33. The van der Waals surface area contributed by atoms with E-state index in [-0.39, 0.29) is 11.8 Å². The van der Waals surface area contributed by atoms with Gasteiger partial charge in [-0.15, -0.1) is 0 Å². The van der Waals surface area contributed by atoms with Crippen molar-refractivity contribution < 1.29 is 4.79 Å². The summed E-state index contributed by atoms with van der Waals surface area (Å²) in [5.41, 5.74) is 6.38. The second-order valence-corrected chi connectivity index (χ2v) is 4.60. The van der Waals surface area contributed by atoms with Crippen molar-refractivity contribution in [2.45, 2.75) is 12.3 Å². The second-order valence-electron chi connectivity index (χ2n) is 4.16. The molecular weight excluding hydrogens is 224 g/mol. The maximum Gasteiger partial charge on any atom is 0.226 e. The molecule has 0 aliphatic carbocycles. The number of hydrogen-bond acceptors (Lipinski definition) is 2. The summed E-state index contributed by atoms with van der Waals surface area (Å²) in [6.07, 6.45) is 1.21. The van der Waals surface area contributed by atoms with Crippen molar-refractivity contribution in [3.05, 3.63) is 34.9 Å². The molecule has 0 aromatic heterocycles. The van der Waals surface area contributed by atoms with Crippen LogP contribution in [0.5, 0.6) is 0 Å². The van der Waals surface area contributed by atoms with E-state index in [0.717, 1.165) is 25.2 Å². The van der Waals surface area contributed by atoms with Crippen LogP contribution in [0.15, 0.2) is 24.3 Å². The fourth-order valence-electron chi connectivity index (χ4n) is 1.88. The molecule has 0 bridgehead atoms. The van der Waals surface area contributed by atoms with Gasteiger partial charge in [0.15, 0.2) is 0 Å². The number of nitrogens with zero attached hydrogens (tertiary/aromatic N) is 1. The van der Waals surface area contributed by atoms with E-state index in [1.54, 1.807) is 12.1 Å². The van der Waals surface area contributed by atoms with Crippen LogP contribution in [-0.2, 0) is 4.79 Å². The number of carbonyl (C=O) groups is 1. The van der Waals surface area contributed by atoms with Crippen LogP contribution in [0.4, 0.5) is 0 Å². The highest BCUT2D eigenvalue weighted by atomic mass is 35.5. The molecule has 3 nitrogen and oxygen atoms in total. The minimum atomic E-state index is -0.269. The fourth-order valence-corrected chi connectivity index (χ4v) is 2.00. The zero-order valence-electron chi connectivity index (χ0n) is 9.03. The normalized spacial score (nSPS) is 17.8. The van der Waals surface area contributed by atoms with Crippen molar-refractivity contribution in [1.29, 1.82) is 0 Å². The molecule has 0 radical (unpaired) electrons. The first-order valence-electron chi connectivity index (χ1n) is 5.44. The molecule has 1 saturated heterocycles. The zero-order chi connectivity index (χ0) is 11.5. The van der Waals surface area contributed by atoms with Crippen molar-refractivity contribution in [3.63, 3.8) is 0 Å². The Labute approximate surface area is 100 Å². The van der Waals surface area contributed by atoms with Gasteiger partial charge in [0.05, 0.1) is 5.92 Å². The molecule has 1 atom stereocenters. The SMILES string of the molecule is NC(=O)C(CN1CCC1)c1ccc(Cl)cc1. The monoisotopic (exact) mass is 238 g/mol. The number of halogens is 1. The van der Waals surface area contributed by atoms with Crippen LogP contribution in [0.2, 0.25) is 5.02 Å². The van der Waals surface area contributed by atoms with Gasteiger partial charge in [-0.3, -0.25) is 4.79 Å². The van der Waals surface area contributed by atoms with E-state index in [1.165, 1.54) is 6.42 Å². The number of hydrogen-bond donors (Lipinski definition) is 1. The van der Waals surface area contributed by atoms with Gasteiger partial charge < -0.3 is 10.6 Å². The Bertz CT molecular complexity index is 373. The van der Waals surface area contributed by atoms with E-state index < -0.39 is 0 Å². The Morgan fingerprint density at radius 1 is 1.38 bits per heavy atom. The van der Waals surface area contributed by atoms with Crippen molar-refractivity contribution in [2.24, 2.45) is 5.73 Å². The largest absolute Gasteiger partial charge is 0.369 e. The highest BCUT2D eigenvalue weighted by Crippen LogP contribution is 2.21. The van der Waals surface area contributed by atoms with Gasteiger partial charge in [-0.25, -0.2) is 0 Å². The maximum atomic E-state index is 11.4. The number of benzene rings is 1. The smallest absolute Gasteiger partial charge is 0.226 e. The number of likely N-dealkylation sites (tertiary alicyclic amines) is 1. The average molecular weight is 239 g/mol. The number of primary amides is 1. The number of rotatable bonds is 4. The molecule has 1 fully saturated rings. The first-order valence-corrected chi connectivity index (χ1v) is 5.82. The van der Waals surface area contributed by atoms with Gasteiger partial charge in [0.1, 0.15) is 0 Å². The number of nitrogens with two attached hydrogens (primary N) is 1. The van der Waals surface area contributed by atoms with Crippen LogP contribution >= 0.6 is 11.6 Å². The van der Waals surface area contributed by atoms with Gasteiger partial charge in [0, 0.05) is 11.6 Å². The average Bonchev–Trinajstić information content (AvgIpc) is 2.18. The van der Waals surface area contributed by atoms with Crippen molar-refractivity contribution in [2.75, 3.05) is 19.6 Å². The molecule has 86 valence electrons. The van der Waals surface area contributed by atoms with Crippen molar-refractivity contribution >= 4 is 17.5 Å². The minimum Gasteiger partial charge on any atom is -0.369 e. The molecule has 1 amide bonds. The quantitative estimate of drug-likeness (QED) is 0.867. The van der Waals surface area contributed by atoms with E-state index >= 15 is 0 Å². The van der Waals surface area contributed by atoms with E-state index in [0.29, 0.717) is 5.02 Å². The van der Waals surface area contributed by atoms with E-state index in [9.17, 15) is 4.79 Å². The fraction of sp³-hybridized carbons (Fsp3) is 0.417. The predicted octanol–water partition coefficient (Wildman–Crippen LogP) is 1.61. The first kappa shape index (κ1) is 11.4. The Morgan fingerprint density at radius 3 is 2.44 bits per heavy atom. The van der Waals surface area contributed by atoms with Gasteiger partial charge >= 0.3 is 0 Å². The molecule has 0 saturated carbocycles. The maximum absolute atomic E-state index is 11.4. The molecule has 2 rings (SSSR count). The molecule has 1 unspecified atom stereocenters. The number of amides is 1. The third kappa shape index (κ3) is 2.54. The highest BCUT2D eigenvalue weighted by molar-refractivity contribution is 6.30. The van der Waals surface area contributed by atoms with Gasteiger partial charge in [0.25, 0.3) is 0 Å². The van der Waals surface area contributed by atoms with E-state index in [4.69, 9.17) is 17.3 Å². The molecule has 1 aliphatic heterocycles. The lowest BCUT2D eigenvalue weighted by molar-refractivity contribution is -0.120. The van der Waals surface area contributed by atoms with Crippen LogP contribution < -0.4 is 5.73 Å². The summed E-state index contributed by atoms with van der Waals surface area (Å²) >= 11 is 5.81. The summed E-state index contributed by atoms with van der Waals surface area (Å²) in [4.78, 5) is 13.7. The Hall–Kier alpha value is -1.06. The molecule has 4 heteroatoms. The molecule has 16 heavy (non-hydrogen) atoms. The Kier molecular flexibility index (Phi) is 3.46. The van der Waals surface area contributed by atoms with Crippen molar-refractivity contribution in [1.82, 2.24) is 4.90 Å². The van der Waals surface area contributed by atoms with Gasteiger partial charge in [-0.05, 0) is 37.2 Å². The molecule has 2 N–H and O–H groups in total. The van der Waals surface area contributed by atoms with E-state index in [1.807, 2.05) is 12.1 Å². The molecule has 1 aromatic rings. The summed E-state index contributed by atoms with van der Waals surface area (Å²) in [6.45, 7) is 2.85. The summed E-state index contributed by atoms with van der Waals surface area (Å²) in [5, 5.41) is 0.677. The minimum absolute atomic E-state index is 0.224. The molecular formula is C12H15ClN2O. The topological polar surface area (TPSA) is 46.3 Å². The van der Waals surface area contributed by atoms with Crippen LogP contribution in [0.3, 0.4) is 0 Å². The molecule has 1 heterocycles. The van der Waals surface area contributed by atoms with Gasteiger partial charge in [-0.1, -0.05) is 23.7 Å². The number of carbonyl (C=O) groups excluding carboxylic acids is 1. The van der Waals surface area contributed by atoms with Crippen LogP contribution in [-0.4, -0.2) is 30.4 Å². The van der Waals surface area contributed by atoms with Crippen LogP contribution in [0.1, 0.15) is 17.9 Å². The zero-order valence-corrected chi connectivity index (χ0v) is 9.78. The lowest BCUT2D eigenvalue weighted by Crippen LogP contribution is -2.42. The van der Waals surface area contributed by atoms with Crippen molar-refractivity contribution in [3.8, 4) is 0 Å². The molecule has 1 aromatic carbocycles. The van der Waals surface area contributed by atoms with Gasteiger partial charge in [0.2, 0.25) is 5.91 Å². The Morgan fingerprint density at radius 2 is 2.00 bits per heavy atom.